The Hall–Kier alpha value is -2.48. The first-order chi connectivity index (χ1) is 16.1. The third-order valence-electron chi connectivity index (χ3n) is 6.86. The van der Waals surface area contributed by atoms with Crippen LogP contribution in [0.1, 0.15) is 57.9 Å². The topological polar surface area (TPSA) is 48.7 Å². The number of fused-ring (bicyclic) bond motifs is 1. The van der Waals surface area contributed by atoms with Crippen molar-refractivity contribution in [3.63, 3.8) is 0 Å². The summed E-state index contributed by atoms with van der Waals surface area (Å²) in [5.41, 5.74) is 3.63. The monoisotopic (exact) mass is 467 g/mol. The van der Waals surface area contributed by atoms with Crippen molar-refractivity contribution in [2.75, 3.05) is 38.0 Å². The zero-order valence-corrected chi connectivity index (χ0v) is 19.8. The van der Waals surface area contributed by atoms with Crippen molar-refractivity contribution in [3.8, 4) is 0 Å². The minimum absolute atomic E-state index is 0.0189. The van der Waals surface area contributed by atoms with Gasteiger partial charge in [0, 0.05) is 36.6 Å². The van der Waals surface area contributed by atoms with E-state index in [0.29, 0.717) is 5.76 Å². The van der Waals surface area contributed by atoms with Gasteiger partial charge in [-0.3, -0.25) is 9.69 Å². The Kier molecular flexibility index (Phi) is 6.62. The molecule has 33 heavy (non-hydrogen) atoms. The molecule has 5 nitrogen and oxygen atoms in total. The average molecular weight is 468 g/mol. The van der Waals surface area contributed by atoms with Crippen molar-refractivity contribution >= 4 is 22.2 Å². The number of amides is 1. The number of hydrogen-bond donors (Lipinski definition) is 1. The summed E-state index contributed by atoms with van der Waals surface area (Å²) < 4.78 is 19.2. The molecule has 0 radical (unpaired) electrons. The summed E-state index contributed by atoms with van der Waals surface area (Å²) in [5, 5.41) is 4.06. The highest BCUT2D eigenvalue weighted by Crippen LogP contribution is 2.45. The minimum Gasteiger partial charge on any atom is -0.459 e. The largest absolute Gasteiger partial charge is 0.459 e. The number of thiophene rings is 1. The zero-order valence-electron chi connectivity index (χ0n) is 19.0. The van der Waals surface area contributed by atoms with Crippen molar-refractivity contribution in [2.45, 2.75) is 38.6 Å². The molecule has 3 aromatic rings. The van der Waals surface area contributed by atoms with E-state index in [4.69, 9.17) is 4.42 Å². The fourth-order valence-electron chi connectivity index (χ4n) is 5.09. The lowest BCUT2D eigenvalue weighted by Crippen LogP contribution is -2.47. The number of nitrogens with zero attached hydrogens (tertiary/aromatic N) is 2. The summed E-state index contributed by atoms with van der Waals surface area (Å²) in [4.78, 5) is 19.3. The SMILES string of the molecule is CCN1CCN(C(c2ccc(F)cc2)c2c(NC(=O)c3ccco3)sc3c2CCCC3)CC1. The second kappa shape index (κ2) is 9.79. The maximum absolute atomic E-state index is 13.8. The second-order valence-electron chi connectivity index (χ2n) is 8.81. The van der Waals surface area contributed by atoms with Crippen molar-refractivity contribution in [3.05, 3.63) is 75.8 Å². The normalized spacial score (nSPS) is 18.1. The number of likely N-dealkylation sites (N-methyl/N-ethyl adjacent to an activating group) is 1. The van der Waals surface area contributed by atoms with Gasteiger partial charge in [0.25, 0.3) is 5.91 Å². The van der Waals surface area contributed by atoms with Gasteiger partial charge in [0.05, 0.1) is 12.3 Å². The molecule has 1 atom stereocenters. The summed E-state index contributed by atoms with van der Waals surface area (Å²) in [6, 6.07) is 10.3. The Bertz CT molecular complexity index is 1090. The van der Waals surface area contributed by atoms with Crippen LogP contribution in [-0.4, -0.2) is 48.4 Å². The van der Waals surface area contributed by atoms with E-state index in [9.17, 15) is 9.18 Å². The number of carbonyl (C=O) groups is 1. The Morgan fingerprint density at radius 1 is 1.12 bits per heavy atom. The first-order valence-corrected chi connectivity index (χ1v) is 12.7. The minimum atomic E-state index is -0.230. The molecular formula is C26H30FN3O2S. The van der Waals surface area contributed by atoms with Crippen LogP contribution >= 0.6 is 11.3 Å². The number of carbonyl (C=O) groups excluding carboxylic acids is 1. The number of halogens is 1. The molecule has 5 rings (SSSR count). The number of rotatable bonds is 6. The molecule has 2 aromatic heterocycles. The fraction of sp³-hybridized carbons (Fsp3) is 0.423. The van der Waals surface area contributed by atoms with E-state index in [1.165, 1.54) is 28.7 Å². The molecule has 3 heterocycles. The number of furan rings is 1. The Labute approximate surface area is 198 Å². The number of piperazine rings is 1. The maximum Gasteiger partial charge on any atom is 0.291 e. The molecule has 0 spiro atoms. The highest BCUT2D eigenvalue weighted by Gasteiger charge is 2.33. The van der Waals surface area contributed by atoms with Gasteiger partial charge in [0.2, 0.25) is 0 Å². The summed E-state index contributed by atoms with van der Waals surface area (Å²) in [5.74, 6) is -0.150. The van der Waals surface area contributed by atoms with Crippen molar-refractivity contribution < 1.29 is 13.6 Å². The highest BCUT2D eigenvalue weighted by atomic mass is 32.1. The molecule has 1 unspecified atom stereocenters. The van der Waals surface area contributed by atoms with Gasteiger partial charge >= 0.3 is 0 Å². The number of anilines is 1. The van der Waals surface area contributed by atoms with E-state index < -0.39 is 0 Å². The molecule has 174 valence electrons. The van der Waals surface area contributed by atoms with E-state index >= 15 is 0 Å². The van der Waals surface area contributed by atoms with Gasteiger partial charge in [-0.25, -0.2) is 4.39 Å². The molecule has 2 aliphatic rings. The van der Waals surface area contributed by atoms with Crippen LogP contribution in [0.5, 0.6) is 0 Å². The maximum atomic E-state index is 13.8. The van der Waals surface area contributed by atoms with Crippen molar-refractivity contribution in [2.24, 2.45) is 0 Å². The molecule has 1 aliphatic heterocycles. The Morgan fingerprint density at radius 3 is 2.58 bits per heavy atom. The molecule has 1 amide bonds. The Balaban J connectivity index is 1.58. The summed E-state index contributed by atoms with van der Waals surface area (Å²) in [6.45, 7) is 7.14. The molecule has 1 N–H and O–H groups in total. The number of hydrogen-bond acceptors (Lipinski definition) is 5. The van der Waals surface area contributed by atoms with Crippen molar-refractivity contribution in [1.82, 2.24) is 9.80 Å². The average Bonchev–Trinajstić information content (AvgIpc) is 3.50. The van der Waals surface area contributed by atoms with Gasteiger partial charge < -0.3 is 14.6 Å². The smallest absolute Gasteiger partial charge is 0.291 e. The molecule has 1 aliphatic carbocycles. The third kappa shape index (κ3) is 4.63. The van der Waals surface area contributed by atoms with Gasteiger partial charge in [-0.05, 0) is 67.6 Å². The van der Waals surface area contributed by atoms with Crippen LogP contribution in [0.25, 0.3) is 0 Å². The van der Waals surface area contributed by atoms with Crippen LogP contribution in [0.2, 0.25) is 0 Å². The first kappa shape index (κ1) is 22.3. The quantitative estimate of drug-likeness (QED) is 0.532. The lowest BCUT2D eigenvalue weighted by atomic mass is 9.88. The van der Waals surface area contributed by atoms with Crippen LogP contribution in [0.3, 0.4) is 0 Å². The first-order valence-electron chi connectivity index (χ1n) is 11.8. The van der Waals surface area contributed by atoms with E-state index in [-0.39, 0.29) is 17.8 Å². The molecular weight excluding hydrogens is 437 g/mol. The third-order valence-corrected chi connectivity index (χ3v) is 8.09. The molecule has 1 aromatic carbocycles. The van der Waals surface area contributed by atoms with Crippen LogP contribution in [0, 0.1) is 5.82 Å². The summed E-state index contributed by atoms with van der Waals surface area (Å²) in [7, 11) is 0. The predicted molar refractivity (Wildman–Crippen MR) is 130 cm³/mol. The second-order valence-corrected chi connectivity index (χ2v) is 9.91. The van der Waals surface area contributed by atoms with E-state index in [1.807, 2.05) is 12.1 Å². The molecule has 7 heteroatoms. The summed E-state index contributed by atoms with van der Waals surface area (Å²) in [6.07, 6.45) is 5.91. The van der Waals surface area contributed by atoms with Gasteiger partial charge in [-0.1, -0.05) is 19.1 Å². The lowest BCUT2D eigenvalue weighted by molar-refractivity contribution is 0.0995. The van der Waals surface area contributed by atoms with Crippen LogP contribution in [0.4, 0.5) is 9.39 Å². The van der Waals surface area contributed by atoms with Crippen LogP contribution in [0.15, 0.2) is 47.1 Å². The number of benzene rings is 1. The van der Waals surface area contributed by atoms with Crippen LogP contribution < -0.4 is 5.32 Å². The van der Waals surface area contributed by atoms with Gasteiger partial charge in [-0.15, -0.1) is 11.3 Å². The standard InChI is InChI=1S/C26H30FN3O2S/c1-2-29-13-15-30(16-14-29)24(18-9-11-19(27)12-10-18)23-20-6-3-4-8-22(20)33-26(23)28-25(31)21-7-5-17-32-21/h5,7,9-12,17,24H,2-4,6,8,13-16H2,1H3,(H,28,31). The molecule has 1 saturated heterocycles. The van der Waals surface area contributed by atoms with Gasteiger partial charge in [0.15, 0.2) is 5.76 Å². The lowest BCUT2D eigenvalue weighted by Gasteiger charge is -2.40. The predicted octanol–water partition coefficient (Wildman–Crippen LogP) is 5.34. The van der Waals surface area contributed by atoms with E-state index in [0.717, 1.165) is 62.6 Å². The highest BCUT2D eigenvalue weighted by molar-refractivity contribution is 7.16. The Morgan fingerprint density at radius 2 is 1.88 bits per heavy atom. The van der Waals surface area contributed by atoms with Crippen molar-refractivity contribution in [1.29, 1.82) is 0 Å². The van der Waals surface area contributed by atoms with E-state index in [2.05, 4.69) is 22.0 Å². The summed E-state index contributed by atoms with van der Waals surface area (Å²) >= 11 is 1.70. The molecule has 0 bridgehead atoms. The fourth-order valence-corrected chi connectivity index (χ4v) is 6.40. The number of aryl methyl sites for hydroxylation is 1. The molecule has 0 saturated carbocycles. The van der Waals surface area contributed by atoms with Gasteiger partial charge in [-0.2, -0.15) is 0 Å². The zero-order chi connectivity index (χ0) is 22.8. The molecule has 1 fully saturated rings. The van der Waals surface area contributed by atoms with Gasteiger partial charge in [0.1, 0.15) is 10.8 Å². The van der Waals surface area contributed by atoms with Crippen LogP contribution in [-0.2, 0) is 12.8 Å². The van der Waals surface area contributed by atoms with E-state index in [1.54, 1.807) is 35.6 Å². The number of nitrogens with one attached hydrogen (secondary N) is 1.